The molecule has 0 spiro atoms. The zero-order valence-electron chi connectivity index (χ0n) is 18.8. The molecule has 9 nitrogen and oxygen atoms in total. The summed E-state index contributed by atoms with van der Waals surface area (Å²) in [6, 6.07) is 9.96. The molecule has 1 saturated carbocycles. The summed E-state index contributed by atoms with van der Waals surface area (Å²) in [5, 5.41) is 21.5. The van der Waals surface area contributed by atoms with E-state index in [1.165, 1.54) is 0 Å². The van der Waals surface area contributed by atoms with Crippen molar-refractivity contribution >= 4 is 11.8 Å². The van der Waals surface area contributed by atoms with Gasteiger partial charge in [-0.2, -0.15) is 0 Å². The average molecular weight is 453 g/mol. The third-order valence-corrected chi connectivity index (χ3v) is 7.06. The van der Waals surface area contributed by atoms with Crippen LogP contribution < -0.4 is 21.3 Å². The van der Waals surface area contributed by atoms with Gasteiger partial charge < -0.3 is 20.4 Å². The minimum Gasteiger partial charge on any atom is -0.420 e. The Hall–Kier alpha value is -2.78. The summed E-state index contributed by atoms with van der Waals surface area (Å²) < 4.78 is 5.92. The van der Waals surface area contributed by atoms with Crippen molar-refractivity contribution in [3.63, 3.8) is 0 Å². The van der Waals surface area contributed by atoms with Gasteiger partial charge in [0.15, 0.2) is 0 Å². The maximum Gasteiger partial charge on any atom is 0.247 e. The van der Waals surface area contributed by atoms with Crippen LogP contribution in [0.2, 0.25) is 0 Å². The van der Waals surface area contributed by atoms with Crippen LogP contribution in [0.3, 0.4) is 0 Å². The number of rotatable bonds is 6. The van der Waals surface area contributed by atoms with Gasteiger partial charge in [-0.1, -0.05) is 18.2 Å². The highest BCUT2D eigenvalue weighted by molar-refractivity contribution is 5.81. The van der Waals surface area contributed by atoms with E-state index < -0.39 is 0 Å². The summed E-state index contributed by atoms with van der Waals surface area (Å²) in [7, 11) is 0. The van der Waals surface area contributed by atoms with Crippen LogP contribution in [0.15, 0.2) is 34.7 Å². The Morgan fingerprint density at radius 1 is 1.09 bits per heavy atom. The van der Waals surface area contributed by atoms with Crippen molar-refractivity contribution in [2.75, 3.05) is 6.54 Å². The minimum absolute atomic E-state index is 0.0124. The highest BCUT2D eigenvalue weighted by Gasteiger charge is 2.37. The third kappa shape index (κ3) is 5.25. The van der Waals surface area contributed by atoms with Crippen molar-refractivity contribution in [2.45, 2.75) is 75.7 Å². The molecule has 2 amide bonds. The molecule has 1 aromatic heterocycles. The number of carbonyl (C=O) groups excluding carboxylic acids is 2. The number of amides is 2. The number of hydrogen-bond acceptors (Lipinski definition) is 7. The van der Waals surface area contributed by atoms with Gasteiger partial charge >= 0.3 is 0 Å². The zero-order chi connectivity index (χ0) is 22.6. The molecule has 2 saturated heterocycles. The van der Waals surface area contributed by atoms with E-state index in [0.29, 0.717) is 24.6 Å². The van der Waals surface area contributed by atoms with Crippen LogP contribution in [-0.2, 0) is 9.59 Å². The lowest BCUT2D eigenvalue weighted by atomic mass is 9.86. The van der Waals surface area contributed by atoms with Gasteiger partial charge in [-0.25, -0.2) is 0 Å². The molecular formula is C24H32N6O3. The Labute approximate surface area is 193 Å². The highest BCUT2D eigenvalue weighted by Crippen LogP contribution is 2.33. The molecular weight excluding hydrogens is 420 g/mol. The molecule has 3 fully saturated rings. The molecule has 1 aliphatic carbocycles. The smallest absolute Gasteiger partial charge is 0.247 e. The van der Waals surface area contributed by atoms with Gasteiger partial charge in [-0.15, -0.1) is 10.2 Å². The SMILES string of the molecule is O=C(CCC1NC(=O)C2CCCNC2N1)NC1CCC(c2nnc(-c3ccccc3)o2)CC1. The second-order valence-electron chi connectivity index (χ2n) is 9.37. The number of benzene rings is 1. The molecule has 176 valence electrons. The fourth-order valence-electron chi connectivity index (χ4n) is 5.20. The van der Waals surface area contributed by atoms with E-state index in [9.17, 15) is 9.59 Å². The van der Waals surface area contributed by atoms with Crippen LogP contribution in [0.4, 0.5) is 0 Å². The van der Waals surface area contributed by atoms with Gasteiger partial charge in [0.25, 0.3) is 0 Å². The first kappa shape index (κ1) is 22.0. The van der Waals surface area contributed by atoms with E-state index >= 15 is 0 Å². The van der Waals surface area contributed by atoms with E-state index in [4.69, 9.17) is 4.42 Å². The Morgan fingerprint density at radius 2 is 1.91 bits per heavy atom. The lowest BCUT2D eigenvalue weighted by Gasteiger charge is -2.40. The number of nitrogens with one attached hydrogen (secondary N) is 4. The topological polar surface area (TPSA) is 121 Å². The summed E-state index contributed by atoms with van der Waals surface area (Å²) in [6.07, 6.45) is 6.37. The molecule has 3 unspecified atom stereocenters. The quantitative estimate of drug-likeness (QED) is 0.529. The van der Waals surface area contributed by atoms with E-state index in [1.807, 2.05) is 30.3 Å². The number of piperidine rings is 1. The second kappa shape index (κ2) is 10.0. The monoisotopic (exact) mass is 452 g/mol. The normalized spacial score (nSPS) is 29.7. The Morgan fingerprint density at radius 3 is 2.73 bits per heavy atom. The standard InChI is InChI=1S/C24H32N6O3/c31-20(13-12-19-27-21-18(22(32)28-19)7-4-14-25-21)26-17-10-8-16(9-11-17)24-30-29-23(33-24)15-5-2-1-3-6-15/h1-3,5-6,16-19,21,25,27H,4,7-14H2,(H,26,31)(H,28,32). The molecule has 9 heteroatoms. The van der Waals surface area contributed by atoms with Gasteiger partial charge in [0, 0.05) is 23.9 Å². The maximum atomic E-state index is 12.5. The third-order valence-electron chi connectivity index (χ3n) is 7.06. The maximum absolute atomic E-state index is 12.5. The highest BCUT2D eigenvalue weighted by atomic mass is 16.4. The van der Waals surface area contributed by atoms with Crippen molar-refractivity contribution in [3.05, 3.63) is 36.2 Å². The largest absolute Gasteiger partial charge is 0.420 e. The van der Waals surface area contributed by atoms with Gasteiger partial charge in [0.05, 0.1) is 18.2 Å². The molecule has 3 atom stereocenters. The fourth-order valence-corrected chi connectivity index (χ4v) is 5.20. The second-order valence-corrected chi connectivity index (χ2v) is 9.37. The Kier molecular flexibility index (Phi) is 6.68. The molecule has 2 aromatic rings. The average Bonchev–Trinajstić information content (AvgIpc) is 3.34. The molecule has 1 aromatic carbocycles. The first-order chi connectivity index (χ1) is 16.2. The molecule has 4 N–H and O–H groups in total. The predicted octanol–water partition coefficient (Wildman–Crippen LogP) is 2.03. The van der Waals surface area contributed by atoms with Crippen LogP contribution in [0.5, 0.6) is 0 Å². The molecule has 5 rings (SSSR count). The number of nitrogens with zero attached hydrogens (tertiary/aromatic N) is 2. The van der Waals surface area contributed by atoms with Crippen molar-refractivity contribution in [1.29, 1.82) is 0 Å². The molecule has 2 aliphatic heterocycles. The van der Waals surface area contributed by atoms with E-state index in [-0.39, 0.29) is 42.0 Å². The fraction of sp³-hybridized carbons (Fsp3) is 0.583. The zero-order valence-corrected chi connectivity index (χ0v) is 18.8. The van der Waals surface area contributed by atoms with Gasteiger partial charge in [0.2, 0.25) is 23.6 Å². The summed E-state index contributed by atoms with van der Waals surface area (Å²) in [6.45, 7) is 0.925. The molecule has 0 radical (unpaired) electrons. The molecule has 0 bridgehead atoms. The van der Waals surface area contributed by atoms with Crippen molar-refractivity contribution in [3.8, 4) is 11.5 Å². The molecule has 3 aliphatic rings. The summed E-state index contributed by atoms with van der Waals surface area (Å²) in [5.74, 6) is 1.59. The predicted molar refractivity (Wildman–Crippen MR) is 122 cm³/mol. The summed E-state index contributed by atoms with van der Waals surface area (Å²) in [4.78, 5) is 24.8. The van der Waals surface area contributed by atoms with Crippen LogP contribution in [-0.4, -0.2) is 46.9 Å². The van der Waals surface area contributed by atoms with Crippen LogP contribution in [0, 0.1) is 5.92 Å². The Bertz CT molecular complexity index is 956. The molecule has 33 heavy (non-hydrogen) atoms. The van der Waals surface area contributed by atoms with Crippen LogP contribution in [0.25, 0.3) is 11.5 Å². The van der Waals surface area contributed by atoms with Crippen LogP contribution >= 0.6 is 0 Å². The summed E-state index contributed by atoms with van der Waals surface area (Å²) >= 11 is 0. The minimum atomic E-state index is -0.165. The van der Waals surface area contributed by atoms with E-state index in [1.54, 1.807) is 0 Å². The van der Waals surface area contributed by atoms with Gasteiger partial charge in [-0.05, 0) is 63.6 Å². The van der Waals surface area contributed by atoms with Crippen molar-refractivity contribution in [1.82, 2.24) is 31.5 Å². The number of fused-ring (bicyclic) bond motifs is 1. The van der Waals surface area contributed by atoms with E-state index in [2.05, 4.69) is 31.5 Å². The van der Waals surface area contributed by atoms with Crippen molar-refractivity contribution in [2.24, 2.45) is 5.92 Å². The number of carbonyl (C=O) groups is 2. The summed E-state index contributed by atoms with van der Waals surface area (Å²) in [5.41, 5.74) is 0.927. The molecule has 3 heterocycles. The van der Waals surface area contributed by atoms with Crippen molar-refractivity contribution < 1.29 is 14.0 Å². The Balaban J connectivity index is 1.05. The first-order valence-electron chi connectivity index (χ1n) is 12.1. The number of hydrogen-bond donors (Lipinski definition) is 4. The number of aromatic nitrogens is 2. The van der Waals surface area contributed by atoms with Crippen LogP contribution in [0.1, 0.15) is 63.2 Å². The van der Waals surface area contributed by atoms with E-state index in [0.717, 1.165) is 50.6 Å². The lowest BCUT2D eigenvalue weighted by molar-refractivity contribution is -0.132. The van der Waals surface area contributed by atoms with Gasteiger partial charge in [-0.3, -0.25) is 14.9 Å². The lowest BCUT2D eigenvalue weighted by Crippen LogP contribution is -2.67. The van der Waals surface area contributed by atoms with Gasteiger partial charge in [0.1, 0.15) is 0 Å². The first-order valence-corrected chi connectivity index (χ1v) is 12.1.